The highest BCUT2D eigenvalue weighted by atomic mass is 35.5. The normalized spacial score (nSPS) is 12.2. The number of aliphatic hydroxyl groups is 1. The third kappa shape index (κ3) is 3.69. The molecule has 1 atom stereocenters. The first kappa shape index (κ1) is 14.8. The number of hydrogen-bond donors (Lipinski definition) is 2. The number of amides is 1. The maximum absolute atomic E-state index is 11.8. The van der Waals surface area contributed by atoms with Gasteiger partial charge in [-0.2, -0.15) is 0 Å². The fourth-order valence-electron chi connectivity index (χ4n) is 1.50. The van der Waals surface area contributed by atoms with Crippen LogP contribution in [0.1, 0.15) is 18.7 Å². The summed E-state index contributed by atoms with van der Waals surface area (Å²) in [4.78, 5) is 11.8. The molecule has 1 aromatic heterocycles. The number of nitrogens with zero attached hydrogens (tertiary/aromatic N) is 3. The van der Waals surface area contributed by atoms with E-state index in [1.807, 2.05) is 0 Å². The van der Waals surface area contributed by atoms with E-state index in [2.05, 4.69) is 15.6 Å². The standard InChI is InChI=1S/C12H12Cl2N4O2/c1-7(19)11-5-18(17-16-11)6-12(20)15-8-2-3-9(13)10(14)4-8/h2-5,7,19H,6H2,1H3,(H,15,20). The molecule has 1 heterocycles. The van der Waals surface area contributed by atoms with Crippen molar-refractivity contribution in [3.8, 4) is 0 Å². The van der Waals surface area contributed by atoms with Crippen LogP contribution in [0.2, 0.25) is 10.0 Å². The Kier molecular flexibility index (Phi) is 4.59. The molecule has 0 saturated heterocycles. The Balaban J connectivity index is 1.99. The molecule has 1 unspecified atom stereocenters. The van der Waals surface area contributed by atoms with Gasteiger partial charge in [-0.15, -0.1) is 5.10 Å². The zero-order chi connectivity index (χ0) is 14.7. The minimum absolute atomic E-state index is 0.0139. The van der Waals surface area contributed by atoms with E-state index in [1.165, 1.54) is 10.9 Å². The Morgan fingerprint density at radius 2 is 2.20 bits per heavy atom. The number of aromatic nitrogens is 3. The van der Waals surface area contributed by atoms with Crippen LogP contribution in [0.15, 0.2) is 24.4 Å². The lowest BCUT2D eigenvalue weighted by atomic mass is 10.3. The summed E-state index contributed by atoms with van der Waals surface area (Å²) >= 11 is 11.6. The number of anilines is 1. The molecular weight excluding hydrogens is 303 g/mol. The van der Waals surface area contributed by atoms with Gasteiger partial charge in [0, 0.05) is 5.69 Å². The van der Waals surface area contributed by atoms with Gasteiger partial charge in [0.2, 0.25) is 5.91 Å². The van der Waals surface area contributed by atoms with E-state index in [0.29, 0.717) is 21.4 Å². The summed E-state index contributed by atoms with van der Waals surface area (Å²) in [5.74, 6) is -0.287. The highest BCUT2D eigenvalue weighted by Gasteiger charge is 2.10. The van der Waals surface area contributed by atoms with Gasteiger partial charge in [0.05, 0.1) is 22.3 Å². The summed E-state index contributed by atoms with van der Waals surface area (Å²) in [5, 5.41) is 20.3. The monoisotopic (exact) mass is 314 g/mol. The topological polar surface area (TPSA) is 80.0 Å². The zero-order valence-corrected chi connectivity index (χ0v) is 12.1. The third-order valence-corrected chi connectivity index (χ3v) is 3.23. The molecule has 2 rings (SSSR count). The van der Waals surface area contributed by atoms with Gasteiger partial charge in [0.25, 0.3) is 0 Å². The Labute approximate surface area is 125 Å². The zero-order valence-electron chi connectivity index (χ0n) is 10.5. The van der Waals surface area contributed by atoms with Gasteiger partial charge in [-0.25, -0.2) is 4.68 Å². The fourth-order valence-corrected chi connectivity index (χ4v) is 1.80. The average Bonchev–Trinajstić information content (AvgIpc) is 2.82. The van der Waals surface area contributed by atoms with Crippen molar-refractivity contribution in [2.45, 2.75) is 19.6 Å². The molecule has 2 N–H and O–H groups in total. The van der Waals surface area contributed by atoms with E-state index >= 15 is 0 Å². The van der Waals surface area contributed by atoms with Gasteiger partial charge in [0.15, 0.2) is 0 Å². The first-order valence-electron chi connectivity index (χ1n) is 5.78. The van der Waals surface area contributed by atoms with Crippen LogP contribution in [0.25, 0.3) is 0 Å². The van der Waals surface area contributed by atoms with Crippen LogP contribution < -0.4 is 5.32 Å². The second kappa shape index (κ2) is 6.21. The molecule has 1 amide bonds. The largest absolute Gasteiger partial charge is 0.387 e. The van der Waals surface area contributed by atoms with E-state index in [4.69, 9.17) is 23.2 Å². The van der Waals surface area contributed by atoms with Gasteiger partial charge in [-0.05, 0) is 25.1 Å². The second-order valence-electron chi connectivity index (χ2n) is 4.19. The Morgan fingerprint density at radius 1 is 1.45 bits per heavy atom. The quantitative estimate of drug-likeness (QED) is 0.907. The van der Waals surface area contributed by atoms with Crippen LogP contribution in [0.5, 0.6) is 0 Å². The number of carbonyl (C=O) groups is 1. The molecular formula is C12H12Cl2N4O2. The van der Waals surface area contributed by atoms with E-state index in [9.17, 15) is 9.90 Å². The number of rotatable bonds is 4. The van der Waals surface area contributed by atoms with Crippen molar-refractivity contribution in [3.05, 3.63) is 40.1 Å². The number of carbonyl (C=O) groups excluding carboxylic acids is 1. The van der Waals surface area contributed by atoms with E-state index in [0.717, 1.165) is 0 Å². The summed E-state index contributed by atoms with van der Waals surface area (Å²) in [7, 11) is 0. The lowest BCUT2D eigenvalue weighted by molar-refractivity contribution is -0.116. The van der Waals surface area contributed by atoms with Crippen LogP contribution in [0.4, 0.5) is 5.69 Å². The molecule has 8 heteroatoms. The number of aliphatic hydroxyl groups excluding tert-OH is 1. The minimum atomic E-state index is -0.720. The average molecular weight is 315 g/mol. The Morgan fingerprint density at radius 3 is 2.80 bits per heavy atom. The number of benzene rings is 1. The Hall–Kier alpha value is -1.63. The molecule has 6 nitrogen and oxygen atoms in total. The number of halogens is 2. The number of nitrogens with one attached hydrogen (secondary N) is 1. The maximum atomic E-state index is 11.8. The summed E-state index contributed by atoms with van der Waals surface area (Å²) in [6.07, 6.45) is 0.793. The number of hydrogen-bond acceptors (Lipinski definition) is 4. The molecule has 0 aliphatic carbocycles. The molecule has 0 spiro atoms. The predicted molar refractivity (Wildman–Crippen MR) is 75.7 cm³/mol. The van der Waals surface area contributed by atoms with Gasteiger partial charge in [0.1, 0.15) is 12.2 Å². The summed E-state index contributed by atoms with van der Waals surface area (Å²) in [6, 6.07) is 4.81. The lowest BCUT2D eigenvalue weighted by Crippen LogP contribution is -2.19. The smallest absolute Gasteiger partial charge is 0.246 e. The summed E-state index contributed by atoms with van der Waals surface area (Å²) in [5.41, 5.74) is 0.951. The molecule has 0 saturated carbocycles. The van der Waals surface area contributed by atoms with Crippen molar-refractivity contribution >= 4 is 34.8 Å². The summed E-state index contributed by atoms with van der Waals surface area (Å²) < 4.78 is 1.34. The van der Waals surface area contributed by atoms with E-state index in [1.54, 1.807) is 25.1 Å². The SMILES string of the molecule is CC(O)c1cn(CC(=O)Nc2ccc(Cl)c(Cl)c2)nn1. The third-order valence-electron chi connectivity index (χ3n) is 2.49. The van der Waals surface area contributed by atoms with Crippen molar-refractivity contribution in [3.63, 3.8) is 0 Å². The second-order valence-corrected chi connectivity index (χ2v) is 5.01. The molecule has 20 heavy (non-hydrogen) atoms. The molecule has 0 fully saturated rings. The molecule has 0 aliphatic heterocycles. The van der Waals surface area contributed by atoms with Crippen LogP contribution in [0, 0.1) is 0 Å². The molecule has 0 bridgehead atoms. The Bertz CT molecular complexity index is 628. The van der Waals surface area contributed by atoms with Crippen LogP contribution >= 0.6 is 23.2 Å². The lowest BCUT2D eigenvalue weighted by Gasteiger charge is -2.06. The first-order chi connectivity index (χ1) is 9.45. The van der Waals surface area contributed by atoms with E-state index in [-0.39, 0.29) is 12.5 Å². The van der Waals surface area contributed by atoms with Gasteiger partial charge < -0.3 is 10.4 Å². The van der Waals surface area contributed by atoms with E-state index < -0.39 is 6.10 Å². The minimum Gasteiger partial charge on any atom is -0.387 e. The van der Waals surface area contributed by atoms with Gasteiger partial charge in [-0.1, -0.05) is 28.4 Å². The van der Waals surface area contributed by atoms with Crippen LogP contribution in [-0.4, -0.2) is 26.0 Å². The molecule has 0 aliphatic rings. The maximum Gasteiger partial charge on any atom is 0.246 e. The fraction of sp³-hybridized carbons (Fsp3) is 0.250. The van der Waals surface area contributed by atoms with Crippen molar-refractivity contribution in [1.82, 2.24) is 15.0 Å². The summed E-state index contributed by atoms with van der Waals surface area (Å²) in [6.45, 7) is 1.56. The van der Waals surface area contributed by atoms with Crippen molar-refractivity contribution < 1.29 is 9.90 Å². The van der Waals surface area contributed by atoms with Crippen molar-refractivity contribution in [2.75, 3.05) is 5.32 Å². The molecule has 106 valence electrons. The molecule has 0 radical (unpaired) electrons. The van der Waals surface area contributed by atoms with Crippen LogP contribution in [0.3, 0.4) is 0 Å². The molecule has 2 aromatic rings. The highest BCUT2D eigenvalue weighted by Crippen LogP contribution is 2.24. The van der Waals surface area contributed by atoms with Crippen molar-refractivity contribution in [1.29, 1.82) is 0 Å². The van der Waals surface area contributed by atoms with Gasteiger partial charge >= 0.3 is 0 Å². The van der Waals surface area contributed by atoms with Crippen molar-refractivity contribution in [2.24, 2.45) is 0 Å². The molecule has 1 aromatic carbocycles. The van der Waals surface area contributed by atoms with Crippen LogP contribution in [-0.2, 0) is 11.3 Å². The highest BCUT2D eigenvalue weighted by molar-refractivity contribution is 6.42. The first-order valence-corrected chi connectivity index (χ1v) is 6.54. The van der Waals surface area contributed by atoms with Gasteiger partial charge in [-0.3, -0.25) is 4.79 Å². The predicted octanol–water partition coefficient (Wildman–Crippen LogP) is 2.28.